The summed E-state index contributed by atoms with van der Waals surface area (Å²) in [6.07, 6.45) is 0.420. The van der Waals surface area contributed by atoms with Crippen molar-refractivity contribution in [3.05, 3.63) is 71.6 Å². The zero-order valence-electron chi connectivity index (χ0n) is 12.8. The van der Waals surface area contributed by atoms with Crippen molar-refractivity contribution in [3.63, 3.8) is 0 Å². The molecular formula is C18H15N3O2S. The van der Waals surface area contributed by atoms with E-state index in [1.807, 2.05) is 66.0 Å². The number of anilines is 1. The molecule has 0 saturated heterocycles. The van der Waals surface area contributed by atoms with Crippen molar-refractivity contribution < 1.29 is 9.53 Å². The minimum atomic E-state index is 0.285. The van der Waals surface area contributed by atoms with Crippen molar-refractivity contribution in [2.75, 3.05) is 5.43 Å². The minimum absolute atomic E-state index is 0.285. The molecule has 3 aromatic rings. The second kappa shape index (κ2) is 8.03. The van der Waals surface area contributed by atoms with E-state index in [-0.39, 0.29) is 5.90 Å². The fourth-order valence-corrected chi connectivity index (χ4v) is 2.77. The molecule has 0 radical (unpaired) electrons. The molecular weight excluding hydrogens is 322 g/mol. The number of thiazole rings is 1. The lowest BCUT2D eigenvalue weighted by Crippen LogP contribution is -2.10. The fraction of sp³-hybridized carbons (Fsp3) is 0.0556. The second-order valence-corrected chi connectivity index (χ2v) is 5.76. The van der Waals surface area contributed by atoms with Gasteiger partial charge in [-0.1, -0.05) is 60.7 Å². The third kappa shape index (κ3) is 4.27. The molecule has 24 heavy (non-hydrogen) atoms. The molecule has 6 heteroatoms. The Kier molecular flexibility index (Phi) is 5.32. The molecule has 0 aliphatic carbocycles. The van der Waals surface area contributed by atoms with Gasteiger partial charge in [-0.2, -0.15) is 0 Å². The van der Waals surface area contributed by atoms with Gasteiger partial charge in [-0.15, -0.1) is 16.4 Å². The molecule has 0 aliphatic heterocycles. The number of aromatic nitrogens is 1. The van der Waals surface area contributed by atoms with Crippen LogP contribution >= 0.6 is 11.3 Å². The summed E-state index contributed by atoms with van der Waals surface area (Å²) in [6.45, 7) is 0.376. The van der Waals surface area contributed by atoms with Crippen molar-refractivity contribution in [1.82, 2.24) is 4.98 Å². The van der Waals surface area contributed by atoms with E-state index in [0.29, 0.717) is 18.0 Å². The summed E-state index contributed by atoms with van der Waals surface area (Å²) in [5.74, 6) is 0.285. The molecule has 1 heterocycles. The van der Waals surface area contributed by atoms with Gasteiger partial charge in [0.2, 0.25) is 11.0 Å². The molecule has 3 rings (SSSR count). The van der Waals surface area contributed by atoms with Gasteiger partial charge in [-0.3, -0.25) is 4.79 Å². The number of hydrazone groups is 1. The summed E-state index contributed by atoms with van der Waals surface area (Å²) >= 11 is 1.44. The third-order valence-electron chi connectivity index (χ3n) is 3.23. The summed E-state index contributed by atoms with van der Waals surface area (Å²) in [4.78, 5) is 15.1. The van der Waals surface area contributed by atoms with Crippen molar-refractivity contribution in [2.24, 2.45) is 5.10 Å². The Morgan fingerprint density at radius 1 is 1.12 bits per heavy atom. The number of hydrogen-bond donors (Lipinski definition) is 1. The van der Waals surface area contributed by atoms with Crippen LogP contribution in [0.15, 0.2) is 71.1 Å². The van der Waals surface area contributed by atoms with E-state index < -0.39 is 0 Å². The average molecular weight is 337 g/mol. The lowest BCUT2D eigenvalue weighted by Gasteiger charge is -2.04. The van der Waals surface area contributed by atoms with Gasteiger partial charge in [-0.05, 0) is 5.56 Å². The Hall–Kier alpha value is -2.99. The highest BCUT2D eigenvalue weighted by molar-refractivity contribution is 7.14. The summed E-state index contributed by atoms with van der Waals surface area (Å²) < 4.78 is 4.94. The Bertz CT molecular complexity index is 817. The van der Waals surface area contributed by atoms with Crippen LogP contribution < -0.4 is 5.43 Å². The Morgan fingerprint density at radius 3 is 2.54 bits per heavy atom. The zero-order chi connectivity index (χ0) is 16.6. The molecule has 0 amide bonds. The monoisotopic (exact) mass is 337 g/mol. The van der Waals surface area contributed by atoms with Crippen molar-refractivity contribution in [1.29, 1.82) is 0 Å². The van der Waals surface area contributed by atoms with Crippen LogP contribution in [0.1, 0.15) is 5.56 Å². The van der Waals surface area contributed by atoms with Gasteiger partial charge >= 0.3 is 0 Å². The first-order chi connectivity index (χ1) is 11.8. The number of nitrogens with one attached hydrogen (secondary N) is 1. The Morgan fingerprint density at radius 2 is 1.83 bits per heavy atom. The number of hydrogen-bond acceptors (Lipinski definition) is 6. The smallest absolute Gasteiger partial charge is 0.299 e. The zero-order valence-corrected chi connectivity index (χ0v) is 13.6. The average Bonchev–Trinajstić information content (AvgIpc) is 3.11. The summed E-state index contributed by atoms with van der Waals surface area (Å²) in [5.41, 5.74) is 5.77. The molecule has 0 atom stereocenters. The van der Waals surface area contributed by atoms with E-state index in [1.165, 1.54) is 11.3 Å². The fourth-order valence-electron chi connectivity index (χ4n) is 2.11. The van der Waals surface area contributed by atoms with Gasteiger partial charge in [0, 0.05) is 10.9 Å². The maximum Gasteiger partial charge on any atom is 0.299 e. The molecule has 0 bridgehead atoms. The third-order valence-corrected chi connectivity index (χ3v) is 3.98. The number of rotatable bonds is 6. The number of carbonyl (C=O) groups is 1. The Balaban J connectivity index is 1.70. The highest BCUT2D eigenvalue weighted by atomic mass is 32.1. The van der Waals surface area contributed by atoms with Crippen LogP contribution in [0.25, 0.3) is 11.3 Å². The predicted octanol–water partition coefficient (Wildman–Crippen LogP) is 3.95. The lowest BCUT2D eigenvalue weighted by molar-refractivity contribution is -0.121. The van der Waals surface area contributed by atoms with E-state index in [9.17, 15) is 4.79 Å². The molecule has 0 fully saturated rings. The van der Waals surface area contributed by atoms with Crippen LogP contribution in [-0.2, 0) is 16.0 Å². The van der Waals surface area contributed by atoms with Crippen LogP contribution in [0, 0.1) is 0 Å². The second-order valence-electron chi connectivity index (χ2n) is 4.90. The summed E-state index contributed by atoms with van der Waals surface area (Å²) in [5, 5.41) is 6.73. The largest absolute Gasteiger partial charge is 0.412 e. The van der Waals surface area contributed by atoms with E-state index in [4.69, 9.17) is 4.74 Å². The Labute approximate surface area is 143 Å². The van der Waals surface area contributed by atoms with Gasteiger partial charge in [0.15, 0.2) is 0 Å². The van der Waals surface area contributed by atoms with E-state index >= 15 is 0 Å². The first-order valence-electron chi connectivity index (χ1n) is 7.33. The molecule has 1 aromatic heterocycles. The van der Waals surface area contributed by atoms with Crippen LogP contribution in [0.2, 0.25) is 0 Å². The van der Waals surface area contributed by atoms with Gasteiger partial charge in [0.1, 0.15) is 0 Å². The molecule has 120 valence electrons. The number of benzene rings is 2. The quantitative estimate of drug-likeness (QED) is 0.320. The topological polar surface area (TPSA) is 63.6 Å². The van der Waals surface area contributed by atoms with Gasteiger partial charge in [0.05, 0.1) is 12.1 Å². The van der Waals surface area contributed by atoms with Gasteiger partial charge in [0.25, 0.3) is 6.47 Å². The first-order valence-corrected chi connectivity index (χ1v) is 8.21. The van der Waals surface area contributed by atoms with Crippen molar-refractivity contribution >= 4 is 28.8 Å². The molecule has 0 saturated carbocycles. The van der Waals surface area contributed by atoms with E-state index in [0.717, 1.165) is 16.8 Å². The molecule has 0 spiro atoms. The van der Waals surface area contributed by atoms with E-state index in [1.54, 1.807) is 0 Å². The van der Waals surface area contributed by atoms with Gasteiger partial charge < -0.3 is 4.74 Å². The van der Waals surface area contributed by atoms with Crippen molar-refractivity contribution in [3.8, 4) is 11.3 Å². The van der Waals surface area contributed by atoms with Crippen LogP contribution in [0.5, 0.6) is 0 Å². The molecule has 0 unspecified atom stereocenters. The summed E-state index contributed by atoms with van der Waals surface area (Å²) in [7, 11) is 0. The first kappa shape index (κ1) is 15.9. The normalized spacial score (nSPS) is 11.1. The van der Waals surface area contributed by atoms with Crippen LogP contribution in [0.3, 0.4) is 0 Å². The highest BCUT2D eigenvalue weighted by Crippen LogP contribution is 2.24. The lowest BCUT2D eigenvalue weighted by atomic mass is 10.1. The summed E-state index contributed by atoms with van der Waals surface area (Å²) in [6, 6.07) is 19.6. The van der Waals surface area contributed by atoms with Gasteiger partial charge in [-0.25, -0.2) is 10.4 Å². The van der Waals surface area contributed by atoms with Crippen LogP contribution in [0.4, 0.5) is 5.13 Å². The number of nitrogens with zero attached hydrogens (tertiary/aromatic N) is 2. The SMILES string of the molecule is O=COC(Cc1ccccc1)=NNc1nc(-c2ccccc2)cs1. The minimum Gasteiger partial charge on any atom is -0.412 e. The van der Waals surface area contributed by atoms with Crippen LogP contribution in [-0.4, -0.2) is 17.4 Å². The molecule has 1 N–H and O–H groups in total. The predicted molar refractivity (Wildman–Crippen MR) is 95.9 cm³/mol. The van der Waals surface area contributed by atoms with Crippen molar-refractivity contribution in [2.45, 2.75) is 6.42 Å². The van der Waals surface area contributed by atoms with E-state index in [2.05, 4.69) is 15.5 Å². The number of carbonyl (C=O) groups excluding carboxylic acids is 1. The molecule has 2 aromatic carbocycles. The standard InChI is InChI=1S/C18H15N3O2S/c22-13-23-17(11-14-7-3-1-4-8-14)20-21-18-19-16(12-24-18)15-9-5-2-6-10-15/h1-10,12-13H,11H2,(H,19,21). The maximum absolute atomic E-state index is 10.7. The number of ether oxygens (including phenoxy) is 1. The maximum atomic E-state index is 10.7. The molecule has 5 nitrogen and oxygen atoms in total. The highest BCUT2D eigenvalue weighted by Gasteiger charge is 2.06. The molecule has 0 aliphatic rings.